The van der Waals surface area contributed by atoms with Crippen molar-refractivity contribution in [2.45, 2.75) is 0 Å². The number of piperazine rings is 1. The molecule has 7 N–H and O–H groups in total. The fourth-order valence-corrected chi connectivity index (χ4v) is 3.49. The van der Waals surface area contributed by atoms with E-state index in [1.807, 2.05) is 30.5 Å². The summed E-state index contributed by atoms with van der Waals surface area (Å²) in [6.07, 6.45) is 1.83. The molecule has 0 radical (unpaired) electrons. The highest BCUT2D eigenvalue weighted by Crippen LogP contribution is 2.30. The summed E-state index contributed by atoms with van der Waals surface area (Å²) in [5.41, 5.74) is 13.4. The number of hydrogen-bond donors (Lipinski definition) is 5. The first-order chi connectivity index (χ1) is 13.5. The number of pyridine rings is 1. The number of rotatable bonds is 4. The van der Waals surface area contributed by atoms with Gasteiger partial charge in [0, 0.05) is 48.8 Å². The number of primary amides is 2. The first kappa shape index (κ1) is 17.8. The predicted octanol–water partition coefficient (Wildman–Crippen LogP) is 1.23. The van der Waals surface area contributed by atoms with E-state index in [4.69, 9.17) is 11.5 Å². The number of fused-ring (bicyclic) bond motifs is 1. The summed E-state index contributed by atoms with van der Waals surface area (Å²) < 4.78 is 0. The first-order valence-electron chi connectivity index (χ1n) is 8.97. The Hall–Kier alpha value is -3.59. The van der Waals surface area contributed by atoms with Crippen LogP contribution in [0.2, 0.25) is 0 Å². The third kappa shape index (κ3) is 3.35. The molecule has 1 aliphatic rings. The third-order valence-corrected chi connectivity index (χ3v) is 4.82. The van der Waals surface area contributed by atoms with E-state index < -0.39 is 11.9 Å². The third-order valence-electron chi connectivity index (χ3n) is 4.82. The molecule has 1 aromatic carbocycles. The van der Waals surface area contributed by atoms with Crippen LogP contribution >= 0.6 is 0 Å². The Balaban J connectivity index is 1.67. The number of anilines is 2. The Bertz CT molecular complexity index is 1040. The summed E-state index contributed by atoms with van der Waals surface area (Å²) >= 11 is 0. The minimum Gasteiger partial charge on any atom is -0.365 e. The Labute approximate surface area is 161 Å². The largest absolute Gasteiger partial charge is 0.365 e. The van der Waals surface area contributed by atoms with Crippen molar-refractivity contribution in [1.29, 1.82) is 0 Å². The maximum Gasteiger partial charge on any atom is 0.317 e. The monoisotopic (exact) mass is 379 g/mol. The summed E-state index contributed by atoms with van der Waals surface area (Å²) in [7, 11) is 0. The smallest absolute Gasteiger partial charge is 0.317 e. The molecule has 3 heterocycles. The van der Waals surface area contributed by atoms with Gasteiger partial charge < -0.3 is 26.7 Å². The molecule has 4 rings (SSSR count). The number of nitrogens with one attached hydrogen (secondary N) is 3. The summed E-state index contributed by atoms with van der Waals surface area (Å²) in [4.78, 5) is 32.8. The minimum absolute atomic E-state index is 0.194. The maximum atomic E-state index is 11.8. The fraction of sp³-hybridized carbons (Fsp3) is 0.211. The number of H-pyrrole nitrogens is 1. The van der Waals surface area contributed by atoms with E-state index in [1.54, 1.807) is 6.07 Å². The lowest BCUT2D eigenvalue weighted by atomic mass is 10.0. The van der Waals surface area contributed by atoms with Crippen LogP contribution in [0.25, 0.3) is 22.0 Å². The molecule has 28 heavy (non-hydrogen) atoms. The Morgan fingerprint density at radius 2 is 1.82 bits per heavy atom. The first-order valence-corrected chi connectivity index (χ1v) is 8.97. The lowest BCUT2D eigenvalue weighted by Gasteiger charge is -2.28. The van der Waals surface area contributed by atoms with Crippen LogP contribution in [0.15, 0.2) is 36.5 Å². The number of nitrogens with zero attached hydrogens (tertiary/aromatic N) is 2. The standard InChI is InChI=1S/C19H21N7O2/c20-17(27)16-13-3-1-11(9-14(13)24-18(16)25-19(21)28)12-2-4-15(23-10-12)26-7-5-22-6-8-26/h1-4,9-10,22,24H,5-8H2,(H2,20,27)(H3,21,25,28). The molecule has 1 aliphatic heterocycles. The number of amides is 3. The van der Waals surface area contributed by atoms with E-state index >= 15 is 0 Å². The zero-order valence-electron chi connectivity index (χ0n) is 15.2. The minimum atomic E-state index is -0.776. The van der Waals surface area contributed by atoms with E-state index in [9.17, 15) is 9.59 Å². The molecule has 3 aromatic rings. The van der Waals surface area contributed by atoms with Gasteiger partial charge in [0.15, 0.2) is 0 Å². The number of carbonyl (C=O) groups is 2. The molecule has 1 saturated heterocycles. The van der Waals surface area contributed by atoms with Crippen molar-refractivity contribution in [1.82, 2.24) is 15.3 Å². The number of urea groups is 1. The average molecular weight is 379 g/mol. The summed E-state index contributed by atoms with van der Waals surface area (Å²) in [5, 5.41) is 6.35. The van der Waals surface area contributed by atoms with Crippen molar-refractivity contribution in [3.05, 3.63) is 42.1 Å². The van der Waals surface area contributed by atoms with Gasteiger partial charge in [-0.05, 0) is 23.8 Å². The van der Waals surface area contributed by atoms with E-state index in [2.05, 4.69) is 25.5 Å². The molecule has 3 amide bonds. The van der Waals surface area contributed by atoms with Gasteiger partial charge in [0.2, 0.25) is 0 Å². The predicted molar refractivity (Wildman–Crippen MR) is 108 cm³/mol. The topological polar surface area (TPSA) is 142 Å². The quantitative estimate of drug-likeness (QED) is 0.463. The number of benzene rings is 1. The van der Waals surface area contributed by atoms with Crippen molar-refractivity contribution >= 4 is 34.5 Å². The van der Waals surface area contributed by atoms with Crippen LogP contribution in [0.5, 0.6) is 0 Å². The maximum absolute atomic E-state index is 11.8. The molecular weight excluding hydrogens is 358 g/mol. The second-order valence-electron chi connectivity index (χ2n) is 6.63. The Kier molecular flexibility index (Phi) is 4.58. The zero-order valence-corrected chi connectivity index (χ0v) is 15.2. The van der Waals surface area contributed by atoms with Gasteiger partial charge in [0.25, 0.3) is 5.91 Å². The van der Waals surface area contributed by atoms with Crippen molar-refractivity contribution in [2.75, 3.05) is 36.4 Å². The molecule has 0 unspecified atom stereocenters. The molecule has 0 saturated carbocycles. The molecule has 0 atom stereocenters. The molecule has 144 valence electrons. The average Bonchev–Trinajstić information content (AvgIpc) is 3.05. The highest BCUT2D eigenvalue weighted by molar-refractivity contribution is 6.13. The van der Waals surface area contributed by atoms with Crippen LogP contribution in [0.1, 0.15) is 10.4 Å². The second-order valence-corrected chi connectivity index (χ2v) is 6.63. The number of nitrogens with two attached hydrogens (primary N) is 2. The van der Waals surface area contributed by atoms with Gasteiger partial charge in [-0.2, -0.15) is 0 Å². The zero-order chi connectivity index (χ0) is 19.7. The highest BCUT2D eigenvalue weighted by Gasteiger charge is 2.18. The summed E-state index contributed by atoms with van der Waals surface area (Å²) in [6, 6.07) is 8.81. The van der Waals surface area contributed by atoms with E-state index in [-0.39, 0.29) is 11.4 Å². The van der Waals surface area contributed by atoms with E-state index in [1.165, 1.54) is 0 Å². The number of carbonyl (C=O) groups excluding carboxylic acids is 2. The van der Waals surface area contributed by atoms with E-state index in [0.29, 0.717) is 10.9 Å². The van der Waals surface area contributed by atoms with Gasteiger partial charge in [0.1, 0.15) is 11.6 Å². The van der Waals surface area contributed by atoms with Crippen molar-refractivity contribution < 1.29 is 9.59 Å². The van der Waals surface area contributed by atoms with Gasteiger partial charge in [-0.1, -0.05) is 12.1 Å². The van der Waals surface area contributed by atoms with Crippen LogP contribution in [-0.4, -0.2) is 48.1 Å². The SMILES string of the molecule is NC(=O)Nc1[nH]c2cc(-c3ccc(N4CCNCC4)nc3)ccc2c1C(N)=O. The fourth-order valence-electron chi connectivity index (χ4n) is 3.49. The van der Waals surface area contributed by atoms with Crippen LogP contribution in [0, 0.1) is 0 Å². The molecule has 9 nitrogen and oxygen atoms in total. The molecule has 0 aliphatic carbocycles. The molecule has 0 spiro atoms. The number of aromatic nitrogens is 2. The normalized spacial score (nSPS) is 14.2. The van der Waals surface area contributed by atoms with Crippen LogP contribution < -0.4 is 27.0 Å². The second kappa shape index (κ2) is 7.20. The van der Waals surface area contributed by atoms with Crippen molar-refractivity contribution in [2.24, 2.45) is 11.5 Å². The van der Waals surface area contributed by atoms with Crippen molar-refractivity contribution in [3.8, 4) is 11.1 Å². The number of hydrogen-bond acceptors (Lipinski definition) is 5. The van der Waals surface area contributed by atoms with Gasteiger partial charge in [-0.25, -0.2) is 9.78 Å². The van der Waals surface area contributed by atoms with Crippen LogP contribution in [0.4, 0.5) is 16.4 Å². The number of aromatic amines is 1. The van der Waals surface area contributed by atoms with Crippen LogP contribution in [-0.2, 0) is 0 Å². The lowest BCUT2D eigenvalue weighted by molar-refractivity contribution is 0.100. The molecular formula is C19H21N7O2. The molecule has 1 fully saturated rings. The van der Waals surface area contributed by atoms with Gasteiger partial charge in [-0.3, -0.25) is 10.1 Å². The summed E-state index contributed by atoms with van der Waals surface area (Å²) in [5.74, 6) is 0.499. The van der Waals surface area contributed by atoms with Gasteiger partial charge in [0.05, 0.1) is 5.56 Å². The van der Waals surface area contributed by atoms with Gasteiger partial charge in [-0.15, -0.1) is 0 Å². The molecule has 2 aromatic heterocycles. The van der Waals surface area contributed by atoms with E-state index in [0.717, 1.165) is 43.1 Å². The molecule has 0 bridgehead atoms. The lowest BCUT2D eigenvalue weighted by Crippen LogP contribution is -2.43. The Morgan fingerprint density at radius 3 is 2.46 bits per heavy atom. The summed E-state index contributed by atoms with van der Waals surface area (Å²) in [6.45, 7) is 3.78. The highest BCUT2D eigenvalue weighted by atomic mass is 16.2. The van der Waals surface area contributed by atoms with Gasteiger partial charge >= 0.3 is 6.03 Å². The van der Waals surface area contributed by atoms with Crippen LogP contribution in [0.3, 0.4) is 0 Å². The molecule has 9 heteroatoms. The van der Waals surface area contributed by atoms with Crippen molar-refractivity contribution in [3.63, 3.8) is 0 Å². The Morgan fingerprint density at radius 1 is 1.07 bits per heavy atom.